The van der Waals surface area contributed by atoms with E-state index >= 15 is 0 Å². The van der Waals surface area contributed by atoms with Crippen LogP contribution in [0.5, 0.6) is 0 Å². The molecule has 0 aromatic heterocycles. The summed E-state index contributed by atoms with van der Waals surface area (Å²) in [7, 11) is 0. The molecule has 1 radical (unpaired) electrons. The van der Waals surface area contributed by atoms with Gasteiger partial charge in [0.2, 0.25) is 0 Å². The van der Waals surface area contributed by atoms with Crippen molar-refractivity contribution in [3.8, 4) is 0 Å². The molecule has 0 amide bonds. The predicted octanol–water partition coefficient (Wildman–Crippen LogP) is 6.71. The van der Waals surface area contributed by atoms with Crippen molar-refractivity contribution in [2.75, 3.05) is 0 Å². The van der Waals surface area contributed by atoms with Crippen molar-refractivity contribution in [2.45, 2.75) is 60.3 Å². The molecule has 3 rings (SSSR count). The third-order valence-electron chi connectivity index (χ3n) is 5.43. The zero-order valence-electron chi connectivity index (χ0n) is 15.8. The summed E-state index contributed by atoms with van der Waals surface area (Å²) in [6, 6.07) is 11.4. The van der Waals surface area contributed by atoms with E-state index in [0.717, 1.165) is 0 Å². The van der Waals surface area contributed by atoms with Gasteiger partial charge in [0.25, 0.3) is 0 Å². The molecule has 0 bridgehead atoms. The second-order valence-corrected chi connectivity index (χ2v) is 7.10. The van der Waals surface area contributed by atoms with Crippen molar-refractivity contribution in [2.24, 2.45) is 0 Å². The van der Waals surface area contributed by atoms with Crippen LogP contribution in [0.25, 0.3) is 11.1 Å². The van der Waals surface area contributed by atoms with Gasteiger partial charge in [-0.25, -0.2) is 0 Å². The molecule has 2 aromatic rings. The zero-order valence-corrected chi connectivity index (χ0v) is 15.8. The highest BCUT2D eigenvalue weighted by molar-refractivity contribution is 6.03. The van der Waals surface area contributed by atoms with E-state index in [0.29, 0.717) is 0 Å². The molecular formula is C24H29. The molecule has 0 heteroatoms. The minimum Gasteiger partial charge on any atom is -0.0651 e. The topological polar surface area (TPSA) is 0 Å². The third-order valence-corrected chi connectivity index (χ3v) is 5.43. The Hall–Kier alpha value is -1.82. The van der Waals surface area contributed by atoms with Gasteiger partial charge in [-0.2, -0.15) is 0 Å². The zero-order chi connectivity index (χ0) is 17.3. The Morgan fingerprint density at radius 1 is 0.833 bits per heavy atom. The molecular weight excluding hydrogens is 288 g/mol. The van der Waals surface area contributed by atoms with Crippen molar-refractivity contribution >= 4 is 11.1 Å². The molecule has 0 unspecified atom stereocenters. The SMILES string of the molecule is CCCc1cccc(C2=C(C)c3c(ccc(C)c3C)[CH]2)c1CCC. The summed E-state index contributed by atoms with van der Waals surface area (Å²) in [6.07, 6.45) is 7.16. The van der Waals surface area contributed by atoms with E-state index in [9.17, 15) is 0 Å². The summed E-state index contributed by atoms with van der Waals surface area (Å²) in [5.74, 6) is 0. The maximum atomic E-state index is 2.40. The fourth-order valence-corrected chi connectivity index (χ4v) is 4.07. The first kappa shape index (κ1) is 17.0. The van der Waals surface area contributed by atoms with Crippen LogP contribution in [0.2, 0.25) is 0 Å². The molecule has 0 heterocycles. The van der Waals surface area contributed by atoms with Gasteiger partial charge in [-0.1, -0.05) is 57.0 Å². The van der Waals surface area contributed by atoms with Gasteiger partial charge in [0.1, 0.15) is 0 Å². The number of fused-ring (bicyclic) bond motifs is 1. The fourth-order valence-electron chi connectivity index (χ4n) is 4.07. The Labute approximate surface area is 147 Å². The van der Waals surface area contributed by atoms with Crippen LogP contribution in [0.3, 0.4) is 0 Å². The minimum absolute atomic E-state index is 1.17. The highest BCUT2D eigenvalue weighted by Crippen LogP contribution is 2.43. The smallest absolute Gasteiger partial charge is 0.0214 e. The van der Waals surface area contributed by atoms with E-state index in [2.05, 4.69) is 71.4 Å². The molecule has 24 heavy (non-hydrogen) atoms. The van der Waals surface area contributed by atoms with E-state index in [4.69, 9.17) is 0 Å². The van der Waals surface area contributed by atoms with Crippen LogP contribution in [0.4, 0.5) is 0 Å². The number of hydrogen-bond acceptors (Lipinski definition) is 0. The molecule has 0 saturated carbocycles. The van der Waals surface area contributed by atoms with Crippen molar-refractivity contribution in [1.29, 1.82) is 0 Å². The Morgan fingerprint density at radius 3 is 2.29 bits per heavy atom. The molecule has 0 spiro atoms. The van der Waals surface area contributed by atoms with Crippen molar-refractivity contribution in [3.05, 3.63) is 75.7 Å². The first-order valence-electron chi connectivity index (χ1n) is 9.35. The summed E-state index contributed by atoms with van der Waals surface area (Å²) >= 11 is 0. The maximum absolute atomic E-state index is 2.40. The molecule has 125 valence electrons. The van der Waals surface area contributed by atoms with Crippen molar-refractivity contribution < 1.29 is 0 Å². The monoisotopic (exact) mass is 317 g/mol. The van der Waals surface area contributed by atoms with Crippen molar-refractivity contribution in [3.63, 3.8) is 0 Å². The molecule has 0 nitrogen and oxygen atoms in total. The Bertz CT molecular complexity index is 790. The lowest BCUT2D eigenvalue weighted by Gasteiger charge is -2.16. The van der Waals surface area contributed by atoms with Gasteiger partial charge < -0.3 is 0 Å². The van der Waals surface area contributed by atoms with Crippen LogP contribution in [-0.2, 0) is 12.8 Å². The van der Waals surface area contributed by atoms with E-state index in [1.54, 1.807) is 5.56 Å². The summed E-state index contributed by atoms with van der Waals surface area (Å²) in [4.78, 5) is 0. The number of benzene rings is 2. The predicted molar refractivity (Wildman–Crippen MR) is 106 cm³/mol. The Morgan fingerprint density at radius 2 is 1.58 bits per heavy atom. The van der Waals surface area contributed by atoms with Gasteiger partial charge >= 0.3 is 0 Å². The van der Waals surface area contributed by atoms with Crippen molar-refractivity contribution in [1.82, 2.24) is 0 Å². The van der Waals surface area contributed by atoms with E-state index in [-0.39, 0.29) is 0 Å². The molecule has 1 aliphatic carbocycles. The van der Waals surface area contributed by atoms with Crippen LogP contribution in [0.15, 0.2) is 30.3 Å². The van der Waals surface area contributed by atoms with Gasteiger partial charge in [-0.05, 0) is 83.7 Å². The maximum Gasteiger partial charge on any atom is 0.0214 e. The lowest BCUT2D eigenvalue weighted by Crippen LogP contribution is -2.00. The second kappa shape index (κ2) is 6.97. The van der Waals surface area contributed by atoms with Gasteiger partial charge in [0, 0.05) is 6.42 Å². The summed E-state index contributed by atoms with van der Waals surface area (Å²) in [5, 5.41) is 0. The van der Waals surface area contributed by atoms with Crippen LogP contribution in [0.1, 0.15) is 72.6 Å². The standard InChI is InChI=1S/C24H29/c1-6-9-19-11-8-12-22(21(19)10-7-2)23-15-20-14-13-16(3)17(4)24(20)18(23)5/h8,11-15H,6-7,9-10H2,1-5H3. The second-order valence-electron chi connectivity index (χ2n) is 7.10. The fraction of sp³-hybridized carbons (Fsp3) is 0.375. The molecule has 0 saturated heterocycles. The highest BCUT2D eigenvalue weighted by atomic mass is 14.3. The van der Waals surface area contributed by atoms with Gasteiger partial charge in [-0.15, -0.1) is 0 Å². The first-order valence-corrected chi connectivity index (χ1v) is 9.35. The molecule has 1 aliphatic rings. The summed E-state index contributed by atoms with van der Waals surface area (Å²) in [6.45, 7) is 11.3. The number of hydrogen-bond donors (Lipinski definition) is 0. The van der Waals surface area contributed by atoms with Crippen LogP contribution in [-0.4, -0.2) is 0 Å². The summed E-state index contributed by atoms with van der Waals surface area (Å²) in [5.41, 5.74) is 13.1. The normalized spacial score (nSPS) is 13.5. The van der Waals surface area contributed by atoms with Gasteiger partial charge in [-0.3, -0.25) is 0 Å². The largest absolute Gasteiger partial charge is 0.0651 e. The molecule has 0 fully saturated rings. The summed E-state index contributed by atoms with van der Waals surface area (Å²) < 4.78 is 0. The quantitative estimate of drug-likeness (QED) is 0.575. The molecule has 0 N–H and O–H groups in total. The number of allylic oxidation sites excluding steroid dienone is 2. The van der Waals surface area contributed by atoms with E-state index in [1.807, 2.05) is 0 Å². The average molecular weight is 317 g/mol. The van der Waals surface area contributed by atoms with Gasteiger partial charge in [0.05, 0.1) is 0 Å². The van der Waals surface area contributed by atoms with Crippen LogP contribution < -0.4 is 0 Å². The van der Waals surface area contributed by atoms with Crippen LogP contribution in [0, 0.1) is 20.3 Å². The highest BCUT2D eigenvalue weighted by Gasteiger charge is 2.24. The van der Waals surface area contributed by atoms with E-state index in [1.165, 1.54) is 70.2 Å². The number of rotatable bonds is 5. The Kier molecular flexibility index (Phi) is 4.94. The molecule has 0 aliphatic heterocycles. The van der Waals surface area contributed by atoms with E-state index < -0.39 is 0 Å². The first-order chi connectivity index (χ1) is 11.6. The minimum atomic E-state index is 1.17. The lowest BCUT2D eigenvalue weighted by molar-refractivity contribution is 0.858. The Balaban J connectivity index is 2.15. The molecule has 2 aromatic carbocycles. The average Bonchev–Trinajstić information content (AvgIpc) is 2.90. The van der Waals surface area contributed by atoms with Gasteiger partial charge in [0.15, 0.2) is 0 Å². The lowest BCUT2D eigenvalue weighted by atomic mass is 9.89. The van der Waals surface area contributed by atoms with Crippen LogP contribution >= 0.6 is 0 Å². The number of aryl methyl sites for hydroxylation is 2. The molecule has 0 atom stereocenters. The third kappa shape index (κ3) is 2.83.